The van der Waals surface area contributed by atoms with E-state index < -0.39 is 0 Å². The number of rotatable bonds is 7. The minimum Gasteiger partial charge on any atom is -0.352 e. The summed E-state index contributed by atoms with van der Waals surface area (Å²) >= 11 is 5.08. The van der Waals surface area contributed by atoms with Gasteiger partial charge in [0.25, 0.3) is 5.91 Å². The number of aromatic nitrogens is 3. The van der Waals surface area contributed by atoms with Crippen molar-refractivity contribution in [1.29, 1.82) is 0 Å². The maximum Gasteiger partial charge on any atom is 0.252 e. The second-order valence-electron chi connectivity index (χ2n) is 6.25. The van der Waals surface area contributed by atoms with Gasteiger partial charge < -0.3 is 9.88 Å². The van der Waals surface area contributed by atoms with Gasteiger partial charge in [-0.1, -0.05) is 36.7 Å². The first-order valence-corrected chi connectivity index (χ1v) is 10.7. The van der Waals surface area contributed by atoms with Crippen LogP contribution >= 0.6 is 27.7 Å². The largest absolute Gasteiger partial charge is 0.352 e. The summed E-state index contributed by atoms with van der Waals surface area (Å²) in [5, 5.41) is 12.7. The molecule has 1 fully saturated rings. The van der Waals surface area contributed by atoms with Crippen LogP contribution in [0.15, 0.2) is 33.9 Å². The molecule has 5 nitrogen and oxygen atoms in total. The van der Waals surface area contributed by atoms with Crippen LogP contribution in [-0.4, -0.2) is 33.5 Å². The summed E-state index contributed by atoms with van der Waals surface area (Å²) in [5.74, 6) is 1.00. The SMILES string of the molecule is CSc1nnc(CCCNC(=O)c2ccccc2Br)n1C1CCCC1. The molecule has 0 spiro atoms. The third kappa shape index (κ3) is 4.44. The van der Waals surface area contributed by atoms with E-state index in [0.717, 1.165) is 28.3 Å². The maximum atomic E-state index is 12.2. The summed E-state index contributed by atoms with van der Waals surface area (Å²) in [7, 11) is 0. The predicted octanol–water partition coefficient (Wildman–Crippen LogP) is 4.24. The lowest BCUT2D eigenvalue weighted by atomic mass is 10.2. The number of thioether (sulfide) groups is 1. The quantitative estimate of drug-likeness (QED) is 0.535. The van der Waals surface area contributed by atoms with E-state index in [2.05, 4.69) is 42.3 Å². The summed E-state index contributed by atoms with van der Waals surface area (Å²) in [5.41, 5.74) is 0.668. The monoisotopic (exact) mass is 422 g/mol. The molecule has 134 valence electrons. The van der Waals surface area contributed by atoms with Gasteiger partial charge in [-0.25, -0.2) is 0 Å². The van der Waals surface area contributed by atoms with Crippen molar-refractivity contribution in [3.05, 3.63) is 40.1 Å². The Morgan fingerprint density at radius 3 is 2.80 bits per heavy atom. The lowest BCUT2D eigenvalue weighted by molar-refractivity contribution is 0.0952. The fraction of sp³-hybridized carbons (Fsp3) is 0.500. The highest BCUT2D eigenvalue weighted by Crippen LogP contribution is 2.33. The van der Waals surface area contributed by atoms with Crippen molar-refractivity contribution in [2.24, 2.45) is 0 Å². The Morgan fingerprint density at radius 1 is 1.32 bits per heavy atom. The number of amides is 1. The van der Waals surface area contributed by atoms with E-state index in [1.807, 2.05) is 24.3 Å². The summed E-state index contributed by atoms with van der Waals surface area (Å²) in [6, 6.07) is 8.01. The standard InChI is InChI=1S/C18H23BrN4OS/c1-25-18-22-21-16(23(18)13-7-2-3-8-13)11-6-12-20-17(24)14-9-4-5-10-15(14)19/h4-5,9-10,13H,2-3,6-8,11-12H2,1H3,(H,20,24). The minimum absolute atomic E-state index is 0.0467. The molecule has 7 heteroatoms. The van der Waals surface area contributed by atoms with E-state index in [1.165, 1.54) is 25.7 Å². The number of halogens is 1. The van der Waals surface area contributed by atoms with E-state index in [-0.39, 0.29) is 5.91 Å². The van der Waals surface area contributed by atoms with Crippen LogP contribution < -0.4 is 5.32 Å². The molecule has 1 aromatic carbocycles. The smallest absolute Gasteiger partial charge is 0.252 e. The summed E-state index contributed by atoms with van der Waals surface area (Å²) in [6.45, 7) is 0.631. The predicted molar refractivity (Wildman–Crippen MR) is 104 cm³/mol. The first-order chi connectivity index (χ1) is 12.2. The number of carbonyl (C=O) groups excluding carboxylic acids is 1. The minimum atomic E-state index is -0.0467. The van der Waals surface area contributed by atoms with Crippen molar-refractivity contribution in [2.45, 2.75) is 49.7 Å². The molecule has 0 aliphatic heterocycles. The first-order valence-electron chi connectivity index (χ1n) is 8.71. The second-order valence-corrected chi connectivity index (χ2v) is 7.88. The molecule has 1 amide bonds. The van der Waals surface area contributed by atoms with Crippen LogP contribution in [0.4, 0.5) is 0 Å². The van der Waals surface area contributed by atoms with Crippen LogP contribution in [0.5, 0.6) is 0 Å². The van der Waals surface area contributed by atoms with Gasteiger partial charge in [0, 0.05) is 23.5 Å². The zero-order chi connectivity index (χ0) is 17.6. The number of nitrogens with one attached hydrogen (secondary N) is 1. The van der Waals surface area contributed by atoms with Crippen molar-refractivity contribution < 1.29 is 4.79 Å². The third-order valence-electron chi connectivity index (χ3n) is 4.59. The zero-order valence-electron chi connectivity index (χ0n) is 14.4. The van der Waals surface area contributed by atoms with E-state index in [4.69, 9.17) is 0 Å². The fourth-order valence-electron chi connectivity index (χ4n) is 3.34. The molecule has 0 unspecified atom stereocenters. The molecular formula is C18H23BrN4OS. The third-order valence-corrected chi connectivity index (χ3v) is 5.92. The molecule has 2 aromatic rings. The van der Waals surface area contributed by atoms with Gasteiger partial charge in [-0.3, -0.25) is 4.79 Å². The van der Waals surface area contributed by atoms with Gasteiger partial charge >= 0.3 is 0 Å². The van der Waals surface area contributed by atoms with Gasteiger partial charge in [0.05, 0.1) is 5.56 Å². The van der Waals surface area contributed by atoms with Gasteiger partial charge in [0.1, 0.15) is 5.82 Å². The van der Waals surface area contributed by atoms with Crippen LogP contribution in [0.3, 0.4) is 0 Å². The topological polar surface area (TPSA) is 59.8 Å². The van der Waals surface area contributed by atoms with Gasteiger partial charge in [0.15, 0.2) is 5.16 Å². The number of carbonyl (C=O) groups is 1. The number of benzene rings is 1. The Kier molecular flexibility index (Phi) is 6.53. The number of hydrogen-bond acceptors (Lipinski definition) is 4. The first kappa shape index (κ1) is 18.5. The van der Waals surface area contributed by atoms with Crippen molar-refractivity contribution >= 4 is 33.6 Å². The van der Waals surface area contributed by atoms with E-state index in [1.54, 1.807) is 11.8 Å². The number of nitrogens with zero attached hydrogens (tertiary/aromatic N) is 3. The molecule has 3 rings (SSSR count). The van der Waals surface area contributed by atoms with Crippen LogP contribution in [-0.2, 0) is 6.42 Å². The van der Waals surface area contributed by atoms with Crippen LogP contribution in [0, 0.1) is 0 Å². The highest BCUT2D eigenvalue weighted by Gasteiger charge is 2.23. The van der Waals surface area contributed by atoms with E-state index in [0.29, 0.717) is 18.2 Å². The van der Waals surface area contributed by atoms with E-state index in [9.17, 15) is 4.79 Å². The van der Waals surface area contributed by atoms with Crippen molar-refractivity contribution in [2.75, 3.05) is 12.8 Å². The molecule has 0 bridgehead atoms. The summed E-state index contributed by atoms with van der Waals surface area (Å²) in [4.78, 5) is 12.2. The number of aryl methyl sites for hydroxylation is 1. The average molecular weight is 423 g/mol. The van der Waals surface area contributed by atoms with Crippen molar-refractivity contribution in [1.82, 2.24) is 20.1 Å². The fourth-order valence-corrected chi connectivity index (χ4v) is 4.37. The van der Waals surface area contributed by atoms with Gasteiger partial charge in [0.2, 0.25) is 0 Å². The molecule has 1 aliphatic carbocycles. The van der Waals surface area contributed by atoms with Crippen molar-refractivity contribution in [3.8, 4) is 0 Å². The molecule has 1 aliphatic rings. The second kappa shape index (κ2) is 8.85. The van der Waals surface area contributed by atoms with Gasteiger partial charge in [-0.05, 0) is 53.6 Å². The Balaban J connectivity index is 1.55. The highest BCUT2D eigenvalue weighted by atomic mass is 79.9. The molecule has 1 heterocycles. The molecule has 25 heavy (non-hydrogen) atoms. The average Bonchev–Trinajstić information content (AvgIpc) is 3.27. The molecule has 1 aromatic heterocycles. The molecule has 0 atom stereocenters. The van der Waals surface area contributed by atoms with Gasteiger partial charge in [-0.2, -0.15) is 0 Å². The molecule has 0 radical (unpaired) electrons. The Bertz CT molecular complexity index is 728. The molecule has 0 saturated heterocycles. The molecular weight excluding hydrogens is 400 g/mol. The van der Waals surface area contributed by atoms with Crippen LogP contribution in [0.2, 0.25) is 0 Å². The molecule has 1 saturated carbocycles. The van der Waals surface area contributed by atoms with Crippen molar-refractivity contribution in [3.63, 3.8) is 0 Å². The highest BCUT2D eigenvalue weighted by molar-refractivity contribution is 9.10. The molecule has 1 N–H and O–H groups in total. The summed E-state index contributed by atoms with van der Waals surface area (Å²) in [6.07, 6.45) is 8.76. The lowest BCUT2D eigenvalue weighted by Crippen LogP contribution is -2.25. The Hall–Kier alpha value is -1.34. The van der Waals surface area contributed by atoms with E-state index >= 15 is 0 Å². The van der Waals surface area contributed by atoms with Gasteiger partial charge in [-0.15, -0.1) is 10.2 Å². The van der Waals surface area contributed by atoms with Crippen LogP contribution in [0.1, 0.15) is 54.3 Å². The Labute approximate surface area is 161 Å². The zero-order valence-corrected chi connectivity index (χ0v) is 16.8. The normalized spacial score (nSPS) is 14.8. The lowest BCUT2D eigenvalue weighted by Gasteiger charge is -2.16. The maximum absolute atomic E-state index is 12.2. The summed E-state index contributed by atoms with van der Waals surface area (Å²) < 4.78 is 3.14. The number of hydrogen-bond donors (Lipinski definition) is 1. The van der Waals surface area contributed by atoms with Crippen LogP contribution in [0.25, 0.3) is 0 Å². The Morgan fingerprint density at radius 2 is 2.08 bits per heavy atom.